The zero-order chi connectivity index (χ0) is 24.4. The highest BCUT2D eigenvalue weighted by Gasteiger charge is 2.26. The Morgan fingerprint density at radius 1 is 0.857 bits per heavy atom. The van der Waals surface area contributed by atoms with Gasteiger partial charge in [0.1, 0.15) is 5.01 Å². The number of fused-ring (bicyclic) bond motifs is 1. The molecule has 5 rings (SSSR count). The highest BCUT2D eigenvalue weighted by atomic mass is 32.2. The SMILES string of the molecule is Cc1ccc(N(CCc2nnc3sc(Cc4ccccc4)nn23)S(=O)(=O)c2ccc(C)cc2)cc1. The van der Waals surface area contributed by atoms with Crippen molar-refractivity contribution < 1.29 is 8.42 Å². The van der Waals surface area contributed by atoms with Crippen LogP contribution in [0.2, 0.25) is 0 Å². The van der Waals surface area contributed by atoms with Gasteiger partial charge >= 0.3 is 0 Å². The number of benzene rings is 3. The van der Waals surface area contributed by atoms with Crippen LogP contribution in [0, 0.1) is 13.8 Å². The molecule has 0 fully saturated rings. The van der Waals surface area contributed by atoms with E-state index < -0.39 is 10.0 Å². The van der Waals surface area contributed by atoms with Crippen LogP contribution in [0.5, 0.6) is 0 Å². The predicted octanol–water partition coefficient (Wildman–Crippen LogP) is 4.83. The number of sulfonamides is 1. The molecule has 7 nitrogen and oxygen atoms in total. The number of hydrogen-bond donors (Lipinski definition) is 0. The maximum atomic E-state index is 13.6. The van der Waals surface area contributed by atoms with E-state index in [-0.39, 0.29) is 11.4 Å². The van der Waals surface area contributed by atoms with Crippen molar-refractivity contribution in [2.45, 2.75) is 31.6 Å². The molecule has 0 aliphatic rings. The van der Waals surface area contributed by atoms with E-state index in [0.717, 1.165) is 16.1 Å². The van der Waals surface area contributed by atoms with Gasteiger partial charge in [0, 0.05) is 19.4 Å². The van der Waals surface area contributed by atoms with E-state index in [9.17, 15) is 8.42 Å². The van der Waals surface area contributed by atoms with Crippen molar-refractivity contribution in [2.24, 2.45) is 0 Å². The Kier molecular flexibility index (Phi) is 6.36. The number of aryl methyl sites for hydroxylation is 2. The molecule has 0 bridgehead atoms. The van der Waals surface area contributed by atoms with Gasteiger partial charge in [0.05, 0.1) is 10.6 Å². The normalized spacial score (nSPS) is 11.7. The summed E-state index contributed by atoms with van der Waals surface area (Å²) >= 11 is 1.50. The monoisotopic (exact) mass is 503 g/mol. The minimum atomic E-state index is -3.77. The van der Waals surface area contributed by atoms with Crippen LogP contribution in [-0.2, 0) is 22.9 Å². The molecule has 2 aromatic heterocycles. The van der Waals surface area contributed by atoms with Gasteiger partial charge < -0.3 is 0 Å². The van der Waals surface area contributed by atoms with Crippen molar-refractivity contribution in [2.75, 3.05) is 10.8 Å². The highest BCUT2D eigenvalue weighted by Crippen LogP contribution is 2.25. The van der Waals surface area contributed by atoms with Gasteiger partial charge in [-0.2, -0.15) is 9.61 Å². The largest absolute Gasteiger partial charge is 0.266 e. The smallest absolute Gasteiger partial charge is 0.264 e. The number of aromatic nitrogens is 4. The average Bonchev–Trinajstić information content (AvgIpc) is 3.42. The van der Waals surface area contributed by atoms with Crippen molar-refractivity contribution in [3.8, 4) is 0 Å². The van der Waals surface area contributed by atoms with E-state index in [1.54, 1.807) is 16.6 Å². The summed E-state index contributed by atoms with van der Waals surface area (Å²) < 4.78 is 30.4. The van der Waals surface area contributed by atoms with Gasteiger partial charge in [-0.05, 0) is 43.7 Å². The minimum Gasteiger partial charge on any atom is -0.266 e. The first-order valence-electron chi connectivity index (χ1n) is 11.3. The Labute approximate surface area is 208 Å². The summed E-state index contributed by atoms with van der Waals surface area (Å²) in [5, 5.41) is 14.2. The van der Waals surface area contributed by atoms with Crippen LogP contribution in [0.3, 0.4) is 0 Å². The van der Waals surface area contributed by atoms with Crippen molar-refractivity contribution in [1.29, 1.82) is 0 Å². The molecule has 0 saturated carbocycles. The summed E-state index contributed by atoms with van der Waals surface area (Å²) in [6.45, 7) is 4.13. The fourth-order valence-electron chi connectivity index (χ4n) is 3.83. The summed E-state index contributed by atoms with van der Waals surface area (Å²) in [7, 11) is -3.77. The molecule has 0 N–H and O–H groups in total. The second kappa shape index (κ2) is 9.59. The van der Waals surface area contributed by atoms with Crippen molar-refractivity contribution >= 4 is 32.0 Å². The third-order valence-electron chi connectivity index (χ3n) is 5.76. The maximum absolute atomic E-state index is 13.6. The summed E-state index contributed by atoms with van der Waals surface area (Å²) in [6, 6.07) is 24.6. The Morgan fingerprint density at radius 2 is 1.51 bits per heavy atom. The zero-order valence-corrected chi connectivity index (χ0v) is 21.1. The molecule has 0 unspecified atom stereocenters. The quantitative estimate of drug-likeness (QED) is 0.303. The Balaban J connectivity index is 1.43. The van der Waals surface area contributed by atoms with E-state index >= 15 is 0 Å². The molecule has 0 atom stereocenters. The lowest BCUT2D eigenvalue weighted by atomic mass is 10.2. The maximum Gasteiger partial charge on any atom is 0.264 e. The Hall–Kier alpha value is -3.56. The Bertz CT molecular complexity index is 1540. The molecule has 5 aromatic rings. The van der Waals surface area contributed by atoms with Gasteiger partial charge in [0.25, 0.3) is 10.0 Å². The molecule has 0 aliphatic carbocycles. The van der Waals surface area contributed by atoms with Crippen LogP contribution in [0.4, 0.5) is 5.69 Å². The van der Waals surface area contributed by atoms with E-state index in [2.05, 4.69) is 22.3 Å². The van der Waals surface area contributed by atoms with Gasteiger partial charge in [-0.1, -0.05) is 77.1 Å². The van der Waals surface area contributed by atoms with Crippen LogP contribution < -0.4 is 4.31 Å². The zero-order valence-electron chi connectivity index (χ0n) is 19.5. The third-order valence-corrected chi connectivity index (χ3v) is 8.51. The molecular formula is C26H25N5O2S2. The molecule has 9 heteroatoms. The lowest BCUT2D eigenvalue weighted by molar-refractivity contribution is 0.589. The van der Waals surface area contributed by atoms with Crippen molar-refractivity contribution in [3.63, 3.8) is 0 Å². The van der Waals surface area contributed by atoms with E-state index in [1.165, 1.54) is 21.2 Å². The van der Waals surface area contributed by atoms with E-state index in [1.807, 2.05) is 68.4 Å². The summed E-state index contributed by atoms with van der Waals surface area (Å²) in [5.74, 6) is 0.631. The number of nitrogens with zero attached hydrogens (tertiary/aromatic N) is 5. The van der Waals surface area contributed by atoms with Crippen LogP contribution in [-0.4, -0.2) is 34.8 Å². The van der Waals surface area contributed by atoms with Gasteiger partial charge in [0.2, 0.25) is 4.96 Å². The number of anilines is 1. The second-order valence-corrected chi connectivity index (χ2v) is 11.3. The topological polar surface area (TPSA) is 80.5 Å². The fourth-order valence-corrected chi connectivity index (χ4v) is 6.18. The van der Waals surface area contributed by atoms with Crippen molar-refractivity contribution in [3.05, 3.63) is 106 Å². The van der Waals surface area contributed by atoms with Crippen molar-refractivity contribution in [1.82, 2.24) is 19.8 Å². The average molecular weight is 504 g/mol. The lowest BCUT2D eigenvalue weighted by Crippen LogP contribution is -2.33. The Morgan fingerprint density at radius 3 is 2.20 bits per heavy atom. The summed E-state index contributed by atoms with van der Waals surface area (Å²) in [4.78, 5) is 0.961. The summed E-state index contributed by atoms with van der Waals surface area (Å²) in [6.07, 6.45) is 1.08. The third kappa shape index (κ3) is 4.96. The molecule has 0 amide bonds. The first-order valence-corrected chi connectivity index (χ1v) is 13.6. The van der Waals surface area contributed by atoms with Crippen LogP contribution in [0.1, 0.15) is 27.5 Å². The van der Waals surface area contributed by atoms with Gasteiger partial charge in [-0.25, -0.2) is 8.42 Å². The van der Waals surface area contributed by atoms with Gasteiger partial charge in [-0.3, -0.25) is 4.31 Å². The van der Waals surface area contributed by atoms with E-state index in [0.29, 0.717) is 29.3 Å². The number of rotatable bonds is 8. The predicted molar refractivity (Wildman–Crippen MR) is 139 cm³/mol. The molecular weight excluding hydrogens is 478 g/mol. The molecule has 0 radical (unpaired) electrons. The molecule has 2 heterocycles. The lowest BCUT2D eigenvalue weighted by Gasteiger charge is -2.24. The van der Waals surface area contributed by atoms with E-state index in [4.69, 9.17) is 5.10 Å². The minimum absolute atomic E-state index is 0.214. The molecule has 0 spiro atoms. The first kappa shape index (κ1) is 23.2. The standard InChI is InChI=1S/C26H25N5O2S2/c1-19-8-12-22(13-9-19)30(35(32,33)23-14-10-20(2)11-15-23)17-16-24-27-28-26-31(24)29-25(34-26)18-21-6-4-3-5-7-21/h3-15H,16-18H2,1-2H3. The fraction of sp³-hybridized carbons (Fsp3) is 0.192. The first-order chi connectivity index (χ1) is 16.9. The molecule has 0 saturated heterocycles. The highest BCUT2D eigenvalue weighted by molar-refractivity contribution is 7.92. The summed E-state index contributed by atoms with van der Waals surface area (Å²) in [5.41, 5.74) is 3.86. The molecule has 3 aromatic carbocycles. The van der Waals surface area contributed by atoms with Crippen LogP contribution in [0.25, 0.3) is 4.96 Å². The van der Waals surface area contributed by atoms with Crippen LogP contribution >= 0.6 is 11.3 Å². The van der Waals surface area contributed by atoms with Gasteiger partial charge in [-0.15, -0.1) is 10.2 Å². The molecule has 35 heavy (non-hydrogen) atoms. The number of hydrogen-bond acceptors (Lipinski definition) is 6. The molecule has 178 valence electrons. The van der Waals surface area contributed by atoms with Gasteiger partial charge in [0.15, 0.2) is 5.82 Å². The van der Waals surface area contributed by atoms with Crippen LogP contribution in [0.15, 0.2) is 83.8 Å². The second-order valence-electron chi connectivity index (χ2n) is 8.44. The molecule has 0 aliphatic heterocycles.